The van der Waals surface area contributed by atoms with Crippen molar-refractivity contribution < 1.29 is 52.2 Å². The maximum absolute atomic E-state index is 12.9. The van der Waals surface area contributed by atoms with Gasteiger partial charge in [-0.25, -0.2) is 4.57 Å². The van der Waals surface area contributed by atoms with Crippen molar-refractivity contribution in [1.82, 2.24) is 0 Å². The lowest BCUT2D eigenvalue weighted by atomic mass is 10.0. The van der Waals surface area contributed by atoms with Gasteiger partial charge in [-0.2, -0.15) is 0 Å². The van der Waals surface area contributed by atoms with Gasteiger partial charge in [0.1, 0.15) is 12.7 Å². The molecule has 2 N–H and O–H groups in total. The first-order chi connectivity index (χ1) is 36.2. The van der Waals surface area contributed by atoms with Gasteiger partial charge in [-0.15, -0.1) is 0 Å². The van der Waals surface area contributed by atoms with Crippen LogP contribution >= 0.6 is 7.82 Å². The average Bonchev–Trinajstić information content (AvgIpc) is 3.39. The van der Waals surface area contributed by atoms with Gasteiger partial charge in [0.15, 0.2) is 6.10 Å². The SMILES string of the molecule is CCCCC/C=C\C/C=C\CCCCCCCCCCCC(=O)OC(COC(=O)CCCCCCC/C=C\C/C=C\CCCCC)COP(=O)(O)OCC(CO)OC(=O)CCCCCCCCCCCCCCC. The number of allylic oxidation sites excluding steroid dienone is 8. The van der Waals surface area contributed by atoms with E-state index >= 15 is 0 Å². The number of hydrogen-bond acceptors (Lipinski definition) is 10. The van der Waals surface area contributed by atoms with E-state index in [4.69, 9.17) is 23.3 Å². The predicted molar refractivity (Wildman–Crippen MR) is 307 cm³/mol. The third-order valence-electron chi connectivity index (χ3n) is 13.2. The van der Waals surface area contributed by atoms with Crippen molar-refractivity contribution in [1.29, 1.82) is 0 Å². The fraction of sp³-hybridized carbons (Fsp3) is 0.823. The smallest absolute Gasteiger partial charge is 0.462 e. The van der Waals surface area contributed by atoms with E-state index in [1.165, 1.54) is 135 Å². The number of aliphatic hydroxyl groups excluding tert-OH is 1. The van der Waals surface area contributed by atoms with E-state index in [0.29, 0.717) is 19.3 Å². The van der Waals surface area contributed by atoms with Crippen LogP contribution in [0.3, 0.4) is 0 Å². The number of aliphatic hydroxyl groups is 1. The van der Waals surface area contributed by atoms with Crippen molar-refractivity contribution in [3.05, 3.63) is 48.6 Å². The zero-order valence-electron chi connectivity index (χ0n) is 47.8. The summed E-state index contributed by atoms with van der Waals surface area (Å²) in [6.07, 6.45) is 60.6. The Kier molecular flexibility index (Phi) is 54.7. The summed E-state index contributed by atoms with van der Waals surface area (Å²) in [4.78, 5) is 48.6. The summed E-state index contributed by atoms with van der Waals surface area (Å²) in [6.45, 7) is 4.61. The third-order valence-corrected chi connectivity index (χ3v) is 14.2. The zero-order valence-corrected chi connectivity index (χ0v) is 48.7. The summed E-state index contributed by atoms with van der Waals surface area (Å²) < 4.78 is 39.6. The van der Waals surface area contributed by atoms with E-state index in [2.05, 4.69) is 69.4 Å². The number of carbonyl (C=O) groups excluding carboxylic acids is 3. The molecule has 0 aromatic heterocycles. The van der Waals surface area contributed by atoms with Gasteiger partial charge >= 0.3 is 25.7 Å². The first-order valence-electron chi connectivity index (χ1n) is 30.5. The van der Waals surface area contributed by atoms with Gasteiger partial charge in [-0.3, -0.25) is 23.4 Å². The molecular formula is C62H113O11P. The molecule has 0 saturated carbocycles. The lowest BCUT2D eigenvalue weighted by Crippen LogP contribution is -2.30. The average molecular weight is 1070 g/mol. The Morgan fingerprint density at radius 1 is 0.378 bits per heavy atom. The van der Waals surface area contributed by atoms with Gasteiger partial charge in [-0.05, 0) is 83.5 Å². The number of hydrogen-bond donors (Lipinski definition) is 2. The highest BCUT2D eigenvalue weighted by Crippen LogP contribution is 2.43. The number of ether oxygens (including phenoxy) is 3. The van der Waals surface area contributed by atoms with Crippen molar-refractivity contribution in [3.8, 4) is 0 Å². The number of rotatable bonds is 57. The van der Waals surface area contributed by atoms with Crippen LogP contribution in [0, 0.1) is 0 Å². The minimum absolute atomic E-state index is 0.161. The van der Waals surface area contributed by atoms with E-state index in [1.807, 2.05) is 0 Å². The molecule has 0 saturated heterocycles. The van der Waals surface area contributed by atoms with Crippen LogP contribution < -0.4 is 0 Å². The zero-order chi connectivity index (χ0) is 54.1. The molecule has 0 rings (SSSR count). The molecule has 0 radical (unpaired) electrons. The van der Waals surface area contributed by atoms with Gasteiger partial charge in [-0.1, -0.05) is 236 Å². The second kappa shape index (κ2) is 56.6. The van der Waals surface area contributed by atoms with Crippen LogP contribution in [0.1, 0.15) is 290 Å². The molecule has 0 aromatic carbocycles. The normalized spacial score (nSPS) is 13.6. The summed E-state index contributed by atoms with van der Waals surface area (Å²) in [5.74, 6) is -1.47. The van der Waals surface area contributed by atoms with Gasteiger partial charge in [0.2, 0.25) is 0 Å². The first-order valence-corrected chi connectivity index (χ1v) is 32.0. The topological polar surface area (TPSA) is 155 Å². The fourth-order valence-electron chi connectivity index (χ4n) is 8.54. The second-order valence-electron chi connectivity index (χ2n) is 20.5. The van der Waals surface area contributed by atoms with E-state index in [1.54, 1.807) is 0 Å². The van der Waals surface area contributed by atoms with Crippen molar-refractivity contribution in [3.63, 3.8) is 0 Å². The Morgan fingerprint density at radius 3 is 1.03 bits per heavy atom. The number of phosphoric ester groups is 1. The Balaban J connectivity index is 4.71. The number of esters is 3. The summed E-state index contributed by atoms with van der Waals surface area (Å²) in [6, 6.07) is 0. The lowest BCUT2D eigenvalue weighted by Gasteiger charge is -2.21. The van der Waals surface area contributed by atoms with Gasteiger partial charge in [0.25, 0.3) is 0 Å². The van der Waals surface area contributed by atoms with Crippen LogP contribution in [0.15, 0.2) is 48.6 Å². The Bertz CT molecular complexity index is 1430. The molecule has 0 fully saturated rings. The van der Waals surface area contributed by atoms with Crippen LogP contribution in [0.25, 0.3) is 0 Å². The third kappa shape index (κ3) is 54.2. The summed E-state index contributed by atoms with van der Waals surface area (Å²) in [7, 11) is -4.75. The molecule has 0 aromatic rings. The number of carbonyl (C=O) groups is 3. The van der Waals surface area contributed by atoms with Gasteiger partial charge in [0.05, 0.1) is 19.8 Å². The van der Waals surface area contributed by atoms with E-state index in [-0.39, 0.29) is 25.9 Å². The molecule has 0 heterocycles. The summed E-state index contributed by atoms with van der Waals surface area (Å²) >= 11 is 0. The molecule has 0 aliphatic heterocycles. The van der Waals surface area contributed by atoms with Crippen LogP contribution in [0.5, 0.6) is 0 Å². The van der Waals surface area contributed by atoms with Gasteiger partial charge < -0.3 is 24.2 Å². The Labute approximate surface area is 453 Å². The predicted octanol–water partition coefficient (Wildman–Crippen LogP) is 18.1. The van der Waals surface area contributed by atoms with Crippen molar-refractivity contribution in [2.45, 2.75) is 303 Å². The molecule has 0 spiro atoms. The van der Waals surface area contributed by atoms with E-state index in [9.17, 15) is 28.9 Å². The lowest BCUT2D eigenvalue weighted by molar-refractivity contribution is -0.161. The molecule has 3 atom stereocenters. The largest absolute Gasteiger partial charge is 0.472 e. The fourth-order valence-corrected chi connectivity index (χ4v) is 9.32. The van der Waals surface area contributed by atoms with Crippen LogP contribution in [0.2, 0.25) is 0 Å². The molecule has 0 bridgehead atoms. The van der Waals surface area contributed by atoms with Gasteiger partial charge in [0, 0.05) is 19.3 Å². The maximum Gasteiger partial charge on any atom is 0.472 e. The van der Waals surface area contributed by atoms with E-state index < -0.39 is 57.8 Å². The molecule has 3 unspecified atom stereocenters. The molecule has 74 heavy (non-hydrogen) atoms. The molecule has 432 valence electrons. The monoisotopic (exact) mass is 1060 g/mol. The van der Waals surface area contributed by atoms with Crippen LogP contribution in [-0.4, -0.2) is 66.5 Å². The van der Waals surface area contributed by atoms with Crippen molar-refractivity contribution in [2.75, 3.05) is 26.4 Å². The molecular weight excluding hydrogens is 952 g/mol. The second-order valence-corrected chi connectivity index (χ2v) is 22.0. The Morgan fingerprint density at radius 2 is 0.662 bits per heavy atom. The Hall–Kier alpha value is -2.56. The molecule has 12 heteroatoms. The molecule has 0 aliphatic carbocycles. The number of unbranched alkanes of at least 4 members (excludes halogenated alkanes) is 32. The summed E-state index contributed by atoms with van der Waals surface area (Å²) in [5.41, 5.74) is 0. The van der Waals surface area contributed by atoms with Crippen LogP contribution in [-0.2, 0) is 42.2 Å². The highest BCUT2D eigenvalue weighted by atomic mass is 31.2. The standard InChI is InChI=1S/C62H113O11P/c1-4-7-10-13-16-19-22-25-27-28-29-30-32-35-38-41-44-47-50-53-62(66)73-59(55-69-60(64)51-48-45-42-39-36-34-31-26-23-20-17-14-11-8-5-2)57-71-74(67,68)70-56-58(54-63)72-61(65)52-49-46-43-40-37-33-24-21-18-15-12-9-6-3/h16-17,19-20,25-27,31,58-59,63H,4-15,18,21-24,28-30,32-57H2,1-3H3,(H,67,68)/b19-16-,20-17-,27-25-,31-26-. The minimum Gasteiger partial charge on any atom is -0.462 e. The van der Waals surface area contributed by atoms with Crippen molar-refractivity contribution >= 4 is 25.7 Å². The quantitative estimate of drug-likeness (QED) is 0.0197. The number of phosphoric acid groups is 1. The van der Waals surface area contributed by atoms with E-state index in [0.717, 1.165) is 96.3 Å². The molecule has 0 amide bonds. The highest BCUT2D eigenvalue weighted by Gasteiger charge is 2.28. The molecule has 11 nitrogen and oxygen atoms in total. The van der Waals surface area contributed by atoms with Crippen molar-refractivity contribution in [2.24, 2.45) is 0 Å². The van der Waals surface area contributed by atoms with Crippen LogP contribution in [0.4, 0.5) is 0 Å². The minimum atomic E-state index is -4.75. The maximum atomic E-state index is 12.9. The molecule has 0 aliphatic rings. The first kappa shape index (κ1) is 71.4. The highest BCUT2D eigenvalue weighted by molar-refractivity contribution is 7.47. The summed E-state index contributed by atoms with van der Waals surface area (Å²) in [5, 5.41) is 9.82.